The van der Waals surface area contributed by atoms with Crippen LogP contribution in [0, 0.1) is 6.92 Å². The first-order valence-corrected chi connectivity index (χ1v) is 3.31. The van der Waals surface area contributed by atoms with Gasteiger partial charge in [0.2, 0.25) is 0 Å². The number of amides is 1. The Morgan fingerprint density at radius 2 is 1.91 bits per heavy atom. The van der Waals surface area contributed by atoms with Crippen molar-refractivity contribution < 1.29 is 4.79 Å². The fraction of sp³-hybridized carbons (Fsp3) is 0.125. The van der Waals surface area contributed by atoms with Crippen molar-refractivity contribution in [3.05, 3.63) is 35.4 Å². The summed E-state index contributed by atoms with van der Waals surface area (Å²) in [5, 5.41) is 0. The highest BCUT2D eigenvalue weighted by Gasteiger charge is 1.99. The molecule has 0 radical (unpaired) electrons. The molecular weight excluding hydrogens is 140 g/mol. The van der Waals surface area contributed by atoms with Gasteiger partial charge in [-0.25, -0.2) is 5.84 Å². The molecule has 3 heteroatoms. The number of hydrazine groups is 1. The number of nitrogens with one attached hydrogen (secondary N) is 1. The molecule has 0 aromatic heterocycles. The molecule has 1 aromatic rings. The number of carbonyl (C=O) groups is 1. The van der Waals surface area contributed by atoms with Crippen molar-refractivity contribution in [3.63, 3.8) is 0 Å². The lowest BCUT2D eigenvalue weighted by Gasteiger charge is -1.98. The lowest BCUT2D eigenvalue weighted by molar-refractivity contribution is 0.0953. The standard InChI is InChI=1S/C8H10N2O/c1-6-2-4-7(5-3-6)8(11)10-9/h2-5H,9H2,1H3,(H,10,11). The quantitative estimate of drug-likeness (QED) is 0.350. The van der Waals surface area contributed by atoms with E-state index >= 15 is 0 Å². The van der Waals surface area contributed by atoms with Gasteiger partial charge in [-0.3, -0.25) is 10.2 Å². The lowest BCUT2D eigenvalue weighted by atomic mass is 10.1. The number of benzene rings is 1. The first-order valence-electron chi connectivity index (χ1n) is 3.31. The van der Waals surface area contributed by atoms with Crippen molar-refractivity contribution in [2.45, 2.75) is 6.92 Å². The van der Waals surface area contributed by atoms with Gasteiger partial charge in [-0.15, -0.1) is 0 Å². The minimum absolute atomic E-state index is 0.259. The largest absolute Gasteiger partial charge is 0.290 e. The van der Waals surface area contributed by atoms with Gasteiger partial charge in [0.1, 0.15) is 0 Å². The van der Waals surface area contributed by atoms with Gasteiger partial charge in [-0.2, -0.15) is 0 Å². The van der Waals surface area contributed by atoms with E-state index in [2.05, 4.69) is 5.43 Å². The summed E-state index contributed by atoms with van der Waals surface area (Å²) in [4.78, 5) is 10.9. The number of rotatable bonds is 1. The molecule has 1 rings (SSSR count). The average molecular weight is 150 g/mol. The molecule has 3 nitrogen and oxygen atoms in total. The van der Waals surface area contributed by atoms with Crippen molar-refractivity contribution in [1.82, 2.24) is 5.43 Å². The Morgan fingerprint density at radius 1 is 1.36 bits per heavy atom. The molecular formula is C8H10N2O. The van der Waals surface area contributed by atoms with Crippen molar-refractivity contribution >= 4 is 5.91 Å². The van der Waals surface area contributed by atoms with Gasteiger partial charge in [0.15, 0.2) is 0 Å². The third kappa shape index (κ3) is 1.78. The normalized spacial score (nSPS) is 9.27. The predicted octanol–water partition coefficient (Wildman–Crippen LogP) is 0.599. The van der Waals surface area contributed by atoms with E-state index < -0.39 is 0 Å². The Hall–Kier alpha value is -1.35. The highest BCUT2D eigenvalue weighted by atomic mass is 16.2. The van der Waals surface area contributed by atoms with E-state index in [4.69, 9.17) is 5.84 Å². The second kappa shape index (κ2) is 3.16. The molecule has 3 N–H and O–H groups in total. The first-order chi connectivity index (χ1) is 5.24. The predicted molar refractivity (Wildman–Crippen MR) is 42.8 cm³/mol. The van der Waals surface area contributed by atoms with Gasteiger partial charge in [0.05, 0.1) is 0 Å². The monoisotopic (exact) mass is 150 g/mol. The lowest BCUT2D eigenvalue weighted by Crippen LogP contribution is -2.29. The number of carbonyl (C=O) groups excluding carboxylic acids is 1. The van der Waals surface area contributed by atoms with E-state index in [9.17, 15) is 4.79 Å². The van der Waals surface area contributed by atoms with E-state index in [0.29, 0.717) is 5.56 Å². The van der Waals surface area contributed by atoms with Crippen LogP contribution in [-0.4, -0.2) is 5.91 Å². The molecule has 0 saturated heterocycles. The van der Waals surface area contributed by atoms with Crippen LogP contribution in [0.3, 0.4) is 0 Å². The highest BCUT2D eigenvalue weighted by molar-refractivity contribution is 5.93. The molecule has 1 aromatic carbocycles. The van der Waals surface area contributed by atoms with Crippen molar-refractivity contribution in [1.29, 1.82) is 0 Å². The zero-order valence-electron chi connectivity index (χ0n) is 6.29. The fourth-order valence-electron chi connectivity index (χ4n) is 0.788. The molecule has 0 saturated carbocycles. The summed E-state index contributed by atoms with van der Waals surface area (Å²) >= 11 is 0. The number of nitrogens with two attached hydrogens (primary N) is 1. The second-order valence-corrected chi connectivity index (χ2v) is 2.34. The Labute approximate surface area is 65.2 Å². The summed E-state index contributed by atoms with van der Waals surface area (Å²) in [6, 6.07) is 7.20. The SMILES string of the molecule is Cc1ccc(C(=O)NN)cc1. The molecule has 58 valence electrons. The van der Waals surface area contributed by atoms with Crippen LogP contribution in [0.25, 0.3) is 0 Å². The van der Waals surface area contributed by atoms with Crippen LogP contribution in [0.15, 0.2) is 24.3 Å². The summed E-state index contributed by atoms with van der Waals surface area (Å²) in [5.41, 5.74) is 3.77. The van der Waals surface area contributed by atoms with Gasteiger partial charge in [0.25, 0.3) is 5.91 Å². The van der Waals surface area contributed by atoms with Gasteiger partial charge >= 0.3 is 0 Å². The minimum atomic E-state index is -0.259. The zero-order valence-corrected chi connectivity index (χ0v) is 6.29. The van der Waals surface area contributed by atoms with Crippen molar-refractivity contribution in [2.75, 3.05) is 0 Å². The Morgan fingerprint density at radius 3 is 2.36 bits per heavy atom. The number of aryl methyl sites for hydroxylation is 1. The van der Waals surface area contributed by atoms with Gasteiger partial charge in [-0.05, 0) is 19.1 Å². The van der Waals surface area contributed by atoms with Crippen LogP contribution >= 0.6 is 0 Å². The second-order valence-electron chi connectivity index (χ2n) is 2.34. The van der Waals surface area contributed by atoms with Crippen molar-refractivity contribution in [2.24, 2.45) is 5.84 Å². The van der Waals surface area contributed by atoms with E-state index in [1.54, 1.807) is 12.1 Å². The van der Waals surface area contributed by atoms with Gasteiger partial charge in [-0.1, -0.05) is 17.7 Å². The summed E-state index contributed by atoms with van der Waals surface area (Å²) in [6.07, 6.45) is 0. The first kappa shape index (κ1) is 7.75. The number of hydrogen-bond donors (Lipinski definition) is 2. The van der Waals surface area contributed by atoms with Crippen LogP contribution in [-0.2, 0) is 0 Å². The molecule has 0 bridgehead atoms. The molecule has 1 amide bonds. The number of hydrogen-bond acceptors (Lipinski definition) is 2. The fourth-order valence-corrected chi connectivity index (χ4v) is 0.788. The van der Waals surface area contributed by atoms with Crippen LogP contribution in [0.1, 0.15) is 15.9 Å². The molecule has 0 aliphatic heterocycles. The maximum atomic E-state index is 10.9. The maximum Gasteiger partial charge on any atom is 0.265 e. The van der Waals surface area contributed by atoms with Crippen LogP contribution in [0.4, 0.5) is 0 Å². The Balaban J connectivity index is 2.90. The molecule has 0 fully saturated rings. The summed E-state index contributed by atoms with van der Waals surface area (Å²) in [6.45, 7) is 1.96. The molecule has 11 heavy (non-hydrogen) atoms. The molecule has 0 spiro atoms. The van der Waals surface area contributed by atoms with Crippen LogP contribution in [0.5, 0.6) is 0 Å². The highest BCUT2D eigenvalue weighted by Crippen LogP contribution is 2.01. The molecule has 0 heterocycles. The van der Waals surface area contributed by atoms with E-state index in [1.165, 1.54) is 0 Å². The Bertz CT molecular complexity index is 253. The minimum Gasteiger partial charge on any atom is -0.290 e. The van der Waals surface area contributed by atoms with Gasteiger partial charge in [0, 0.05) is 5.56 Å². The summed E-state index contributed by atoms with van der Waals surface area (Å²) in [5.74, 6) is 4.68. The molecule has 0 unspecified atom stereocenters. The maximum absolute atomic E-state index is 10.9. The third-order valence-electron chi connectivity index (χ3n) is 1.44. The van der Waals surface area contributed by atoms with E-state index in [0.717, 1.165) is 5.56 Å². The topological polar surface area (TPSA) is 55.1 Å². The summed E-state index contributed by atoms with van der Waals surface area (Å²) in [7, 11) is 0. The molecule has 0 aliphatic rings. The smallest absolute Gasteiger partial charge is 0.265 e. The third-order valence-corrected chi connectivity index (χ3v) is 1.44. The van der Waals surface area contributed by atoms with Crippen LogP contribution in [0.2, 0.25) is 0 Å². The van der Waals surface area contributed by atoms with Crippen LogP contribution < -0.4 is 11.3 Å². The number of nitrogen functional groups attached to an aromatic ring is 1. The Kier molecular flexibility index (Phi) is 2.23. The van der Waals surface area contributed by atoms with E-state index in [-0.39, 0.29) is 5.91 Å². The van der Waals surface area contributed by atoms with E-state index in [1.807, 2.05) is 19.1 Å². The summed E-state index contributed by atoms with van der Waals surface area (Å²) < 4.78 is 0. The average Bonchev–Trinajstić information content (AvgIpc) is 2.05. The zero-order chi connectivity index (χ0) is 8.27. The van der Waals surface area contributed by atoms with Gasteiger partial charge < -0.3 is 0 Å². The van der Waals surface area contributed by atoms with Crippen molar-refractivity contribution in [3.8, 4) is 0 Å². The molecule has 0 aliphatic carbocycles. The molecule has 0 atom stereocenters.